The molecule has 2 N–H and O–H groups in total. The third-order valence-corrected chi connectivity index (χ3v) is 6.60. The molecule has 2 fully saturated rings. The first kappa shape index (κ1) is 25.5. The summed E-state index contributed by atoms with van der Waals surface area (Å²) in [6.45, 7) is 7.07. The molecule has 0 unspecified atom stereocenters. The van der Waals surface area contributed by atoms with Gasteiger partial charge in [0, 0.05) is 39.3 Å². The largest absolute Gasteiger partial charge is 0.444 e. The molecule has 9 heteroatoms. The molecule has 186 valence electrons. The summed E-state index contributed by atoms with van der Waals surface area (Å²) in [4.78, 5) is 17.7. The zero-order valence-corrected chi connectivity index (χ0v) is 20.3. The van der Waals surface area contributed by atoms with Crippen LogP contribution in [0, 0.1) is 0 Å². The van der Waals surface area contributed by atoms with Gasteiger partial charge in [-0.1, -0.05) is 18.9 Å². The van der Waals surface area contributed by atoms with Crippen molar-refractivity contribution < 1.29 is 22.7 Å². The van der Waals surface area contributed by atoms with Crippen molar-refractivity contribution in [3.05, 3.63) is 23.3 Å². The van der Waals surface area contributed by atoms with E-state index in [1.807, 2.05) is 7.05 Å². The first-order chi connectivity index (χ1) is 15.3. The van der Waals surface area contributed by atoms with Crippen molar-refractivity contribution in [3.63, 3.8) is 0 Å². The first-order valence-corrected chi connectivity index (χ1v) is 11.7. The lowest BCUT2D eigenvalue weighted by atomic mass is 9.90. The van der Waals surface area contributed by atoms with E-state index in [1.54, 1.807) is 44.9 Å². The predicted molar refractivity (Wildman–Crippen MR) is 125 cm³/mol. The lowest BCUT2D eigenvalue weighted by Crippen LogP contribution is -2.56. The van der Waals surface area contributed by atoms with Crippen LogP contribution < -0.4 is 10.6 Å². The number of piperazine rings is 1. The average Bonchev–Trinajstić information content (AvgIpc) is 3.22. The van der Waals surface area contributed by atoms with Crippen molar-refractivity contribution in [3.8, 4) is 0 Å². The number of ether oxygens (including phenoxy) is 1. The minimum Gasteiger partial charge on any atom is -0.444 e. The van der Waals surface area contributed by atoms with Crippen molar-refractivity contribution >= 4 is 17.5 Å². The molecule has 1 saturated carbocycles. The SMILES string of the molecule is CN(C[C@H]1CN(c2c(N)ccc(C3CCCC3)c2C(F)(F)F)CCN1C)C(=O)OC(C)(C)C. The van der Waals surface area contributed by atoms with Crippen molar-refractivity contribution in [1.82, 2.24) is 9.80 Å². The molecule has 1 aromatic rings. The maximum atomic E-state index is 14.4. The number of nitrogen functional groups attached to an aromatic ring is 1. The Hall–Kier alpha value is -2.16. The first-order valence-electron chi connectivity index (χ1n) is 11.7. The second-order valence-electron chi connectivity index (χ2n) is 10.4. The summed E-state index contributed by atoms with van der Waals surface area (Å²) < 4.78 is 48.6. The van der Waals surface area contributed by atoms with Crippen molar-refractivity contribution in [1.29, 1.82) is 0 Å². The van der Waals surface area contributed by atoms with Gasteiger partial charge < -0.3 is 20.3 Å². The second-order valence-corrected chi connectivity index (χ2v) is 10.4. The van der Waals surface area contributed by atoms with Crippen LogP contribution in [0.4, 0.5) is 29.3 Å². The molecule has 33 heavy (non-hydrogen) atoms. The van der Waals surface area contributed by atoms with E-state index in [9.17, 15) is 18.0 Å². The van der Waals surface area contributed by atoms with E-state index in [1.165, 1.54) is 4.90 Å². The Morgan fingerprint density at radius 1 is 1.18 bits per heavy atom. The maximum absolute atomic E-state index is 14.4. The van der Waals surface area contributed by atoms with Crippen LogP contribution in [0.2, 0.25) is 0 Å². The Labute approximate surface area is 194 Å². The monoisotopic (exact) mass is 470 g/mol. The molecule has 1 aliphatic carbocycles. The van der Waals surface area contributed by atoms with E-state index in [0.717, 1.165) is 25.7 Å². The third-order valence-electron chi connectivity index (χ3n) is 6.60. The number of amides is 1. The van der Waals surface area contributed by atoms with E-state index >= 15 is 0 Å². The molecule has 1 heterocycles. The lowest BCUT2D eigenvalue weighted by Gasteiger charge is -2.43. The van der Waals surface area contributed by atoms with Gasteiger partial charge in [-0.15, -0.1) is 0 Å². The van der Waals surface area contributed by atoms with Crippen LogP contribution in [0.15, 0.2) is 12.1 Å². The minimum atomic E-state index is -4.49. The van der Waals surface area contributed by atoms with Gasteiger partial charge in [-0.05, 0) is 58.2 Å². The number of anilines is 2. The zero-order chi connectivity index (χ0) is 24.6. The van der Waals surface area contributed by atoms with Gasteiger partial charge in [-0.25, -0.2) is 4.79 Å². The summed E-state index contributed by atoms with van der Waals surface area (Å²) in [6.07, 6.45) is -1.48. The van der Waals surface area contributed by atoms with E-state index in [4.69, 9.17) is 10.5 Å². The highest BCUT2D eigenvalue weighted by Crippen LogP contribution is 2.48. The topological polar surface area (TPSA) is 62.0 Å². The van der Waals surface area contributed by atoms with Gasteiger partial charge in [-0.3, -0.25) is 4.90 Å². The summed E-state index contributed by atoms with van der Waals surface area (Å²) in [6, 6.07) is 3.03. The highest BCUT2D eigenvalue weighted by Gasteiger charge is 2.42. The molecule has 1 saturated heterocycles. The number of hydrogen-bond donors (Lipinski definition) is 1. The number of nitrogens with zero attached hydrogens (tertiary/aromatic N) is 3. The molecule has 1 aliphatic heterocycles. The van der Waals surface area contributed by atoms with Crippen LogP contribution in [0.1, 0.15) is 63.5 Å². The number of alkyl halides is 3. The van der Waals surface area contributed by atoms with Crippen LogP contribution in [0.25, 0.3) is 0 Å². The molecule has 1 atom stereocenters. The lowest BCUT2D eigenvalue weighted by molar-refractivity contribution is -0.137. The van der Waals surface area contributed by atoms with E-state index < -0.39 is 23.4 Å². The number of benzene rings is 1. The van der Waals surface area contributed by atoms with Crippen LogP contribution in [-0.4, -0.2) is 67.8 Å². The number of halogens is 3. The maximum Gasteiger partial charge on any atom is 0.418 e. The molecular formula is C24H37F3N4O2. The Bertz CT molecular complexity index is 847. The Morgan fingerprint density at radius 2 is 1.82 bits per heavy atom. The molecule has 0 bridgehead atoms. The number of carbonyl (C=O) groups is 1. The summed E-state index contributed by atoms with van der Waals surface area (Å²) in [5.41, 5.74) is 5.57. The number of rotatable bonds is 4. The third kappa shape index (κ3) is 6.05. The summed E-state index contributed by atoms with van der Waals surface area (Å²) in [5, 5.41) is 0. The molecule has 2 aliphatic rings. The zero-order valence-electron chi connectivity index (χ0n) is 20.3. The molecule has 1 amide bonds. The van der Waals surface area contributed by atoms with Crippen LogP contribution in [-0.2, 0) is 10.9 Å². The van der Waals surface area contributed by atoms with E-state index in [2.05, 4.69) is 4.90 Å². The van der Waals surface area contributed by atoms with Crippen molar-refractivity contribution in [2.75, 3.05) is 50.9 Å². The number of hydrogen-bond acceptors (Lipinski definition) is 5. The predicted octanol–water partition coefficient (Wildman–Crippen LogP) is 4.93. The minimum absolute atomic E-state index is 0.0810. The number of carbonyl (C=O) groups excluding carboxylic acids is 1. The molecule has 3 rings (SSSR count). The van der Waals surface area contributed by atoms with Crippen LogP contribution in [0.3, 0.4) is 0 Å². The van der Waals surface area contributed by atoms with Gasteiger partial charge in [0.1, 0.15) is 5.60 Å². The van der Waals surface area contributed by atoms with Crippen molar-refractivity contribution in [2.24, 2.45) is 0 Å². The quantitative estimate of drug-likeness (QED) is 0.632. The molecular weight excluding hydrogens is 433 g/mol. The average molecular weight is 471 g/mol. The van der Waals surface area contributed by atoms with Crippen molar-refractivity contribution in [2.45, 2.75) is 70.2 Å². The summed E-state index contributed by atoms with van der Waals surface area (Å²) >= 11 is 0. The van der Waals surface area contributed by atoms with Gasteiger partial charge in [0.05, 0.1) is 16.9 Å². The fraction of sp³-hybridized carbons (Fsp3) is 0.708. The number of nitrogens with two attached hydrogens (primary N) is 1. The van der Waals surface area contributed by atoms with Gasteiger partial charge in [0.2, 0.25) is 0 Å². The Balaban J connectivity index is 1.88. The van der Waals surface area contributed by atoms with Gasteiger partial charge in [0.15, 0.2) is 0 Å². The summed E-state index contributed by atoms with van der Waals surface area (Å²) in [7, 11) is 3.57. The molecule has 0 radical (unpaired) electrons. The van der Waals surface area contributed by atoms with Crippen LogP contribution in [0.5, 0.6) is 0 Å². The molecule has 6 nitrogen and oxygen atoms in total. The highest BCUT2D eigenvalue weighted by molar-refractivity contribution is 5.75. The normalized spacial score (nSPS) is 20.8. The summed E-state index contributed by atoms with van der Waals surface area (Å²) in [5.74, 6) is -0.0810. The van der Waals surface area contributed by atoms with Crippen LogP contribution >= 0.6 is 0 Å². The van der Waals surface area contributed by atoms with Gasteiger partial charge >= 0.3 is 12.3 Å². The molecule has 1 aromatic carbocycles. The fourth-order valence-electron chi connectivity index (χ4n) is 4.92. The second kappa shape index (κ2) is 9.60. The Morgan fingerprint density at radius 3 is 2.39 bits per heavy atom. The highest BCUT2D eigenvalue weighted by atomic mass is 19.4. The van der Waals surface area contributed by atoms with E-state index in [0.29, 0.717) is 31.7 Å². The van der Waals surface area contributed by atoms with Gasteiger partial charge in [-0.2, -0.15) is 13.2 Å². The Kier molecular flexibility index (Phi) is 7.41. The van der Waals surface area contributed by atoms with E-state index in [-0.39, 0.29) is 23.3 Å². The fourth-order valence-corrected chi connectivity index (χ4v) is 4.92. The smallest absolute Gasteiger partial charge is 0.418 e. The standard InChI is InChI=1S/C24H37F3N4O2/c1-23(2,3)33-22(32)30(5)14-17-15-31(13-12-29(17)4)21-19(28)11-10-18(16-8-6-7-9-16)20(21)24(25,26)27/h10-11,16-17H,6-9,12-15,28H2,1-5H3/t17-/m0/s1. The molecule has 0 aromatic heterocycles. The van der Waals surface area contributed by atoms with Gasteiger partial charge in [0.25, 0.3) is 0 Å². The number of likely N-dealkylation sites (N-methyl/N-ethyl adjacent to an activating group) is 2. The molecule has 0 spiro atoms.